The first kappa shape index (κ1) is 13.9. The van der Waals surface area contributed by atoms with E-state index in [0.717, 1.165) is 12.8 Å². The molecule has 0 spiro atoms. The van der Waals surface area contributed by atoms with Crippen LogP contribution in [-0.2, 0) is 11.2 Å². The van der Waals surface area contributed by atoms with Crippen LogP contribution in [0.1, 0.15) is 24.8 Å². The van der Waals surface area contributed by atoms with Crippen LogP contribution in [-0.4, -0.2) is 18.8 Å². The molecule has 1 aliphatic rings. The van der Waals surface area contributed by atoms with Gasteiger partial charge in [-0.1, -0.05) is 0 Å². The lowest BCUT2D eigenvalue weighted by atomic mass is 9.85. The van der Waals surface area contributed by atoms with Crippen LogP contribution in [0, 0.1) is 11.6 Å². The van der Waals surface area contributed by atoms with Crippen LogP contribution in [0.15, 0.2) is 16.6 Å². The van der Waals surface area contributed by atoms with E-state index in [2.05, 4.69) is 15.9 Å². The summed E-state index contributed by atoms with van der Waals surface area (Å²) in [5.41, 5.74) is 5.73. The van der Waals surface area contributed by atoms with Crippen LogP contribution < -0.4 is 5.73 Å². The highest BCUT2D eigenvalue weighted by molar-refractivity contribution is 9.10. The highest BCUT2D eigenvalue weighted by Gasteiger charge is 2.29. The largest absolute Gasteiger partial charge is 0.381 e. The molecule has 5 heteroatoms. The van der Waals surface area contributed by atoms with Crippen LogP contribution in [0.3, 0.4) is 0 Å². The molecule has 1 aromatic carbocycles. The van der Waals surface area contributed by atoms with Crippen molar-refractivity contribution in [3.63, 3.8) is 0 Å². The van der Waals surface area contributed by atoms with E-state index < -0.39 is 17.2 Å². The second-order valence-corrected chi connectivity index (χ2v) is 5.68. The first-order valence-electron chi connectivity index (χ1n) is 6.01. The predicted octanol–water partition coefficient (Wildman–Crippen LogP) is 3.17. The number of halogens is 3. The average Bonchev–Trinajstić information content (AvgIpc) is 2.55. The van der Waals surface area contributed by atoms with Crippen molar-refractivity contribution in [1.82, 2.24) is 0 Å². The molecular weight excluding hydrogens is 304 g/mol. The van der Waals surface area contributed by atoms with Gasteiger partial charge in [0, 0.05) is 24.3 Å². The van der Waals surface area contributed by atoms with Crippen LogP contribution in [0.5, 0.6) is 0 Å². The van der Waals surface area contributed by atoms with Gasteiger partial charge in [0.25, 0.3) is 0 Å². The molecule has 1 atom stereocenters. The molecule has 0 bridgehead atoms. The van der Waals surface area contributed by atoms with E-state index in [4.69, 9.17) is 10.5 Å². The molecule has 2 rings (SSSR count). The minimum Gasteiger partial charge on any atom is -0.381 e. The Kier molecular flexibility index (Phi) is 4.35. The summed E-state index contributed by atoms with van der Waals surface area (Å²) in [6.45, 7) is 1.22. The first-order chi connectivity index (χ1) is 8.52. The number of benzene rings is 1. The Morgan fingerprint density at radius 3 is 2.83 bits per heavy atom. The van der Waals surface area contributed by atoms with E-state index in [0.29, 0.717) is 19.6 Å². The molecule has 1 fully saturated rings. The Morgan fingerprint density at radius 2 is 2.06 bits per heavy atom. The number of rotatable bonds is 2. The van der Waals surface area contributed by atoms with Gasteiger partial charge in [-0.05, 0) is 53.7 Å². The summed E-state index contributed by atoms with van der Waals surface area (Å²) in [4.78, 5) is 0. The summed E-state index contributed by atoms with van der Waals surface area (Å²) >= 11 is 3.07. The fourth-order valence-corrected chi connectivity index (χ4v) is 2.66. The molecule has 0 radical (unpaired) electrons. The van der Waals surface area contributed by atoms with Gasteiger partial charge in [-0.3, -0.25) is 0 Å². The van der Waals surface area contributed by atoms with Gasteiger partial charge in [0.15, 0.2) is 0 Å². The Hall–Kier alpha value is -0.520. The van der Waals surface area contributed by atoms with Gasteiger partial charge in [0.1, 0.15) is 11.6 Å². The van der Waals surface area contributed by atoms with E-state index in [1.54, 1.807) is 0 Å². The van der Waals surface area contributed by atoms with E-state index in [9.17, 15) is 8.78 Å². The molecule has 0 saturated carbocycles. The fraction of sp³-hybridized carbons (Fsp3) is 0.538. The zero-order valence-corrected chi connectivity index (χ0v) is 11.6. The Morgan fingerprint density at radius 1 is 1.28 bits per heavy atom. The molecule has 18 heavy (non-hydrogen) atoms. The van der Waals surface area contributed by atoms with Crippen molar-refractivity contribution in [2.75, 3.05) is 13.2 Å². The summed E-state index contributed by atoms with van der Waals surface area (Å²) in [7, 11) is 0. The van der Waals surface area contributed by atoms with Gasteiger partial charge in [0.2, 0.25) is 0 Å². The molecule has 2 N–H and O–H groups in total. The van der Waals surface area contributed by atoms with Crippen molar-refractivity contribution in [3.05, 3.63) is 33.8 Å². The number of nitrogens with two attached hydrogens (primary N) is 1. The molecule has 1 aliphatic heterocycles. The second kappa shape index (κ2) is 5.63. The van der Waals surface area contributed by atoms with Crippen LogP contribution in [0.2, 0.25) is 0 Å². The van der Waals surface area contributed by atoms with Gasteiger partial charge in [-0.2, -0.15) is 0 Å². The summed E-state index contributed by atoms with van der Waals surface area (Å²) in [5.74, 6) is -1.09. The zero-order chi connectivity index (χ0) is 13.2. The van der Waals surface area contributed by atoms with Gasteiger partial charge in [-0.15, -0.1) is 0 Å². The molecule has 1 aromatic rings. The molecule has 0 amide bonds. The molecule has 2 nitrogen and oxygen atoms in total. The minimum absolute atomic E-state index is 0.0637. The third kappa shape index (κ3) is 3.08. The maximum Gasteiger partial charge on any atom is 0.143 e. The zero-order valence-electron chi connectivity index (χ0n) is 10.0. The van der Waals surface area contributed by atoms with Crippen LogP contribution in [0.4, 0.5) is 8.78 Å². The number of ether oxygens (including phenoxy) is 1. The van der Waals surface area contributed by atoms with Crippen molar-refractivity contribution in [1.29, 1.82) is 0 Å². The minimum atomic E-state index is -0.584. The highest BCUT2D eigenvalue weighted by atomic mass is 79.9. The molecule has 1 unspecified atom stereocenters. The summed E-state index contributed by atoms with van der Waals surface area (Å²) in [6.07, 6.45) is 2.37. The van der Waals surface area contributed by atoms with Gasteiger partial charge in [-0.25, -0.2) is 8.78 Å². The summed E-state index contributed by atoms with van der Waals surface area (Å²) in [5, 5.41) is 0. The number of hydrogen-bond acceptors (Lipinski definition) is 2. The van der Waals surface area contributed by atoms with Gasteiger partial charge >= 0.3 is 0 Å². The average molecular weight is 320 g/mol. The van der Waals surface area contributed by atoms with Crippen molar-refractivity contribution in [2.45, 2.75) is 31.2 Å². The molecular formula is C13H16BrF2NO. The van der Waals surface area contributed by atoms with Crippen LogP contribution in [0.25, 0.3) is 0 Å². The molecule has 0 aromatic heterocycles. The Balaban J connectivity index is 2.24. The van der Waals surface area contributed by atoms with Gasteiger partial charge < -0.3 is 10.5 Å². The number of hydrogen-bond donors (Lipinski definition) is 1. The van der Waals surface area contributed by atoms with Crippen molar-refractivity contribution in [3.8, 4) is 0 Å². The lowest BCUT2D eigenvalue weighted by molar-refractivity contribution is 0.139. The van der Waals surface area contributed by atoms with Crippen molar-refractivity contribution >= 4 is 15.9 Å². The normalized spacial score (nSPS) is 24.9. The smallest absolute Gasteiger partial charge is 0.143 e. The highest BCUT2D eigenvalue weighted by Crippen LogP contribution is 2.28. The second-order valence-electron chi connectivity index (χ2n) is 4.83. The molecule has 100 valence electrons. The third-order valence-corrected chi connectivity index (χ3v) is 3.99. The lowest BCUT2D eigenvalue weighted by Gasteiger charge is -2.28. The van der Waals surface area contributed by atoms with Gasteiger partial charge in [0.05, 0.1) is 4.47 Å². The van der Waals surface area contributed by atoms with E-state index >= 15 is 0 Å². The third-order valence-electron chi connectivity index (χ3n) is 3.38. The van der Waals surface area contributed by atoms with Crippen molar-refractivity contribution < 1.29 is 13.5 Å². The van der Waals surface area contributed by atoms with E-state index in [1.807, 2.05) is 0 Å². The van der Waals surface area contributed by atoms with Crippen LogP contribution >= 0.6 is 15.9 Å². The topological polar surface area (TPSA) is 35.2 Å². The maximum absolute atomic E-state index is 13.9. The Bertz CT molecular complexity index is 431. The monoisotopic (exact) mass is 319 g/mol. The first-order valence-corrected chi connectivity index (χ1v) is 6.80. The van der Waals surface area contributed by atoms with E-state index in [-0.39, 0.29) is 16.5 Å². The quantitative estimate of drug-likeness (QED) is 0.850. The predicted molar refractivity (Wildman–Crippen MR) is 69.4 cm³/mol. The van der Waals surface area contributed by atoms with Crippen molar-refractivity contribution in [2.24, 2.45) is 5.73 Å². The standard InChI is InChI=1S/C13H16BrF2NO/c14-10-2-3-11(15)9(12(10)16)8-13(17)4-1-6-18-7-5-13/h2-3H,1,4-8,17H2. The maximum atomic E-state index is 13.9. The van der Waals surface area contributed by atoms with E-state index in [1.165, 1.54) is 12.1 Å². The lowest BCUT2D eigenvalue weighted by Crippen LogP contribution is -2.42. The molecule has 0 aliphatic carbocycles. The molecule has 1 saturated heterocycles. The summed E-state index contributed by atoms with van der Waals surface area (Å²) in [6, 6.07) is 2.63. The fourth-order valence-electron chi connectivity index (χ4n) is 2.29. The summed E-state index contributed by atoms with van der Waals surface area (Å²) < 4.78 is 33.2. The SMILES string of the molecule is NC1(Cc2c(F)ccc(Br)c2F)CCCOCC1. The molecule has 1 heterocycles. The Labute approximate surface area is 114 Å².